The number of thioether (sulfide) groups is 1. The Labute approximate surface area is 230 Å². The van der Waals surface area contributed by atoms with Crippen molar-refractivity contribution in [3.05, 3.63) is 95.0 Å². The van der Waals surface area contributed by atoms with Crippen LogP contribution in [0.3, 0.4) is 0 Å². The van der Waals surface area contributed by atoms with E-state index in [4.69, 9.17) is 21.6 Å². The molecule has 0 aliphatic carbocycles. The highest BCUT2D eigenvalue weighted by molar-refractivity contribution is 8.13. The highest BCUT2D eigenvalue weighted by Crippen LogP contribution is 2.35. The first-order valence-electron chi connectivity index (χ1n) is 12.6. The average Bonchev–Trinajstić information content (AvgIpc) is 3.28. The molecule has 1 saturated heterocycles. The van der Waals surface area contributed by atoms with Gasteiger partial charge in [0, 0.05) is 48.2 Å². The predicted octanol–water partition coefficient (Wildman–Crippen LogP) is 4.97. The molecule has 0 aromatic heterocycles. The number of rotatable bonds is 5. The molecule has 1 atom stereocenters. The van der Waals surface area contributed by atoms with Gasteiger partial charge in [-0.1, -0.05) is 65.8 Å². The van der Waals surface area contributed by atoms with Crippen molar-refractivity contribution in [3.8, 4) is 0 Å². The van der Waals surface area contributed by atoms with Crippen molar-refractivity contribution >= 4 is 57.6 Å². The molecular formula is C29H26ClN5O2S. The average molecular weight is 544 g/mol. The van der Waals surface area contributed by atoms with Crippen molar-refractivity contribution in [1.82, 2.24) is 9.80 Å². The zero-order valence-electron chi connectivity index (χ0n) is 20.7. The second-order valence-corrected chi connectivity index (χ2v) is 10.8. The standard InChI is InChI=1S/C29H26ClN5O2S/c30-21-8-6-7-20(17-21)19-38-29-32-24-12-5-4-11-23(24)27-31-25(28(37)35(27)29)18-26(36)34-15-13-33(14-16-34)22-9-2-1-3-10-22/h1-12,17,25H,13-16,18-19H2/t25-/m0/s1. The molecule has 0 bridgehead atoms. The third kappa shape index (κ3) is 4.93. The fraction of sp³-hybridized carbons (Fsp3) is 0.241. The minimum atomic E-state index is -0.757. The van der Waals surface area contributed by atoms with Crippen molar-refractivity contribution in [2.75, 3.05) is 31.1 Å². The van der Waals surface area contributed by atoms with E-state index in [-0.39, 0.29) is 18.2 Å². The minimum absolute atomic E-state index is 0.0430. The number of benzene rings is 3. The molecule has 192 valence electrons. The number of amidine groups is 2. The SMILES string of the molecule is O=C(C[C@@H]1N=C2c3ccccc3N=C(SCc3cccc(Cl)c3)N2C1=O)N1CCN(c2ccccc2)CC1. The third-order valence-electron chi connectivity index (χ3n) is 6.93. The van der Waals surface area contributed by atoms with E-state index in [1.807, 2.05) is 71.6 Å². The molecule has 0 radical (unpaired) electrons. The molecule has 3 aliphatic rings. The highest BCUT2D eigenvalue weighted by atomic mass is 35.5. The van der Waals surface area contributed by atoms with Gasteiger partial charge in [0.05, 0.1) is 12.1 Å². The maximum Gasteiger partial charge on any atom is 0.259 e. The molecule has 9 heteroatoms. The van der Waals surface area contributed by atoms with Gasteiger partial charge in [-0.15, -0.1) is 0 Å². The monoisotopic (exact) mass is 543 g/mol. The Hall–Kier alpha value is -3.62. The van der Waals surface area contributed by atoms with Crippen LogP contribution in [0.15, 0.2) is 88.8 Å². The number of fused-ring (bicyclic) bond motifs is 3. The van der Waals surface area contributed by atoms with E-state index in [0.717, 1.165) is 35.6 Å². The zero-order chi connectivity index (χ0) is 26.1. The molecule has 0 saturated carbocycles. The molecular weight excluding hydrogens is 518 g/mol. The van der Waals surface area contributed by atoms with E-state index in [0.29, 0.717) is 34.9 Å². The topological polar surface area (TPSA) is 68.6 Å². The molecule has 1 fully saturated rings. The molecule has 38 heavy (non-hydrogen) atoms. The van der Waals surface area contributed by atoms with Gasteiger partial charge in [0.1, 0.15) is 11.9 Å². The first kappa shape index (κ1) is 24.7. The van der Waals surface area contributed by atoms with Gasteiger partial charge < -0.3 is 9.80 Å². The normalized spacial score (nSPS) is 18.6. The summed E-state index contributed by atoms with van der Waals surface area (Å²) >= 11 is 7.62. The molecule has 2 amide bonds. The fourth-order valence-electron chi connectivity index (χ4n) is 4.95. The van der Waals surface area contributed by atoms with Gasteiger partial charge >= 0.3 is 0 Å². The number of amides is 2. The van der Waals surface area contributed by atoms with E-state index in [1.165, 1.54) is 11.8 Å². The lowest BCUT2D eigenvalue weighted by molar-refractivity contribution is -0.135. The van der Waals surface area contributed by atoms with Gasteiger partial charge in [0.25, 0.3) is 5.91 Å². The number of aliphatic imine (C=N–C) groups is 2. The third-order valence-corrected chi connectivity index (χ3v) is 8.17. The summed E-state index contributed by atoms with van der Waals surface area (Å²) in [5.41, 5.74) is 3.78. The Morgan fingerprint density at radius 2 is 1.71 bits per heavy atom. The van der Waals surface area contributed by atoms with E-state index < -0.39 is 6.04 Å². The number of hydrogen-bond donors (Lipinski definition) is 0. The van der Waals surface area contributed by atoms with Crippen LogP contribution in [-0.2, 0) is 15.3 Å². The van der Waals surface area contributed by atoms with Gasteiger partial charge in [-0.25, -0.2) is 9.89 Å². The molecule has 3 heterocycles. The van der Waals surface area contributed by atoms with Crippen LogP contribution in [0.2, 0.25) is 5.02 Å². The van der Waals surface area contributed by atoms with E-state index in [9.17, 15) is 9.59 Å². The first-order chi connectivity index (χ1) is 18.6. The quantitative estimate of drug-likeness (QED) is 0.455. The summed E-state index contributed by atoms with van der Waals surface area (Å²) in [7, 11) is 0. The molecule has 3 aromatic rings. The summed E-state index contributed by atoms with van der Waals surface area (Å²) in [6.07, 6.45) is 0.0541. The van der Waals surface area contributed by atoms with E-state index in [1.54, 1.807) is 4.90 Å². The molecule has 0 spiro atoms. The highest BCUT2D eigenvalue weighted by Gasteiger charge is 2.42. The maximum atomic E-state index is 13.6. The lowest BCUT2D eigenvalue weighted by atomic mass is 10.1. The second kappa shape index (κ2) is 10.6. The van der Waals surface area contributed by atoms with Crippen LogP contribution in [0, 0.1) is 0 Å². The molecule has 7 nitrogen and oxygen atoms in total. The molecule has 0 unspecified atom stereocenters. The molecule has 0 N–H and O–H groups in total. The van der Waals surface area contributed by atoms with Crippen molar-refractivity contribution in [2.45, 2.75) is 18.2 Å². The van der Waals surface area contributed by atoms with Crippen molar-refractivity contribution in [2.24, 2.45) is 9.98 Å². The minimum Gasteiger partial charge on any atom is -0.368 e. The smallest absolute Gasteiger partial charge is 0.259 e. The summed E-state index contributed by atoms with van der Waals surface area (Å²) in [6.45, 7) is 2.78. The molecule has 3 aliphatic heterocycles. The zero-order valence-corrected chi connectivity index (χ0v) is 22.2. The predicted molar refractivity (Wildman–Crippen MR) is 153 cm³/mol. The van der Waals surface area contributed by atoms with Crippen LogP contribution in [0.5, 0.6) is 0 Å². The largest absolute Gasteiger partial charge is 0.368 e. The van der Waals surface area contributed by atoms with Crippen LogP contribution >= 0.6 is 23.4 Å². The Bertz CT molecular complexity index is 1440. The first-order valence-corrected chi connectivity index (χ1v) is 14.0. The van der Waals surface area contributed by atoms with E-state index >= 15 is 0 Å². The van der Waals surface area contributed by atoms with Gasteiger partial charge in [-0.2, -0.15) is 0 Å². The summed E-state index contributed by atoms with van der Waals surface area (Å²) in [4.78, 5) is 42.1. The Balaban J connectivity index is 1.16. The Morgan fingerprint density at radius 1 is 0.947 bits per heavy atom. The summed E-state index contributed by atoms with van der Waals surface area (Å²) in [5.74, 6) is 0.927. The van der Waals surface area contributed by atoms with Crippen molar-refractivity contribution in [3.63, 3.8) is 0 Å². The van der Waals surface area contributed by atoms with Gasteiger partial charge in [-0.05, 0) is 42.0 Å². The van der Waals surface area contributed by atoms with Crippen LogP contribution in [0.1, 0.15) is 17.5 Å². The van der Waals surface area contributed by atoms with Crippen LogP contribution in [0.4, 0.5) is 11.4 Å². The number of para-hydroxylation sites is 2. The van der Waals surface area contributed by atoms with E-state index in [2.05, 4.69) is 17.0 Å². The number of anilines is 1. The number of carbonyl (C=O) groups excluding carboxylic acids is 2. The lowest BCUT2D eigenvalue weighted by Crippen LogP contribution is -2.49. The number of carbonyl (C=O) groups is 2. The van der Waals surface area contributed by atoms with Crippen LogP contribution in [0.25, 0.3) is 0 Å². The Kier molecular flexibility index (Phi) is 6.91. The number of piperazine rings is 1. The van der Waals surface area contributed by atoms with Crippen molar-refractivity contribution < 1.29 is 9.59 Å². The number of halogens is 1. The second-order valence-electron chi connectivity index (χ2n) is 9.38. The number of nitrogens with zero attached hydrogens (tertiary/aromatic N) is 5. The van der Waals surface area contributed by atoms with Gasteiger partial charge in [0.15, 0.2) is 5.17 Å². The fourth-order valence-corrected chi connectivity index (χ4v) is 6.11. The van der Waals surface area contributed by atoms with Crippen molar-refractivity contribution in [1.29, 1.82) is 0 Å². The maximum absolute atomic E-state index is 13.6. The summed E-state index contributed by atoms with van der Waals surface area (Å²) in [6, 6.07) is 24.8. The molecule has 6 rings (SSSR count). The number of hydrogen-bond acceptors (Lipinski definition) is 6. The molecule has 3 aromatic carbocycles. The van der Waals surface area contributed by atoms with Crippen LogP contribution in [-0.4, -0.2) is 64.8 Å². The Morgan fingerprint density at radius 3 is 2.50 bits per heavy atom. The van der Waals surface area contributed by atoms with Gasteiger partial charge in [-0.3, -0.25) is 14.6 Å². The van der Waals surface area contributed by atoms with Crippen LogP contribution < -0.4 is 4.90 Å². The summed E-state index contributed by atoms with van der Waals surface area (Å²) in [5, 5.41) is 1.24. The summed E-state index contributed by atoms with van der Waals surface area (Å²) < 4.78 is 0. The lowest BCUT2D eigenvalue weighted by Gasteiger charge is -2.36. The van der Waals surface area contributed by atoms with Gasteiger partial charge in [0.2, 0.25) is 5.91 Å².